The minimum absolute atomic E-state index is 0. The van der Waals surface area contributed by atoms with E-state index in [0.29, 0.717) is 4.75 Å². The standard InChI is InChI=1S/C19H28N4S.HI/c1-19(10-5-13-24-19)15-22-18(20-2)21-14-16-6-8-17(9-7-16)23-11-3-4-12-23;/h3-4,6-9H,5,10-15H2,1-2H3,(H2,20,21,22);1H. The molecule has 6 heteroatoms. The van der Waals surface area contributed by atoms with Crippen molar-refractivity contribution in [2.75, 3.05) is 37.3 Å². The van der Waals surface area contributed by atoms with Crippen molar-refractivity contribution in [3.63, 3.8) is 0 Å². The first kappa shape index (κ1) is 20.4. The van der Waals surface area contributed by atoms with Gasteiger partial charge >= 0.3 is 0 Å². The van der Waals surface area contributed by atoms with Gasteiger partial charge in [0.25, 0.3) is 0 Å². The molecule has 25 heavy (non-hydrogen) atoms. The van der Waals surface area contributed by atoms with Gasteiger partial charge in [0.05, 0.1) is 0 Å². The molecule has 1 fully saturated rings. The van der Waals surface area contributed by atoms with Gasteiger partial charge in [0.15, 0.2) is 5.96 Å². The van der Waals surface area contributed by atoms with Crippen molar-refractivity contribution in [3.05, 3.63) is 42.0 Å². The predicted molar refractivity (Wildman–Crippen MR) is 122 cm³/mol. The first-order valence-electron chi connectivity index (χ1n) is 8.76. The zero-order valence-electron chi connectivity index (χ0n) is 15.1. The molecule has 2 aliphatic rings. The van der Waals surface area contributed by atoms with Crippen LogP contribution in [0.2, 0.25) is 0 Å². The summed E-state index contributed by atoms with van der Waals surface area (Å²) >= 11 is 2.07. The van der Waals surface area contributed by atoms with Crippen LogP contribution in [0.15, 0.2) is 41.4 Å². The third-order valence-electron chi connectivity index (χ3n) is 4.73. The average molecular weight is 472 g/mol. The van der Waals surface area contributed by atoms with Crippen molar-refractivity contribution in [1.29, 1.82) is 0 Å². The third-order valence-corrected chi connectivity index (χ3v) is 6.27. The van der Waals surface area contributed by atoms with Gasteiger partial charge in [-0.15, -0.1) is 24.0 Å². The van der Waals surface area contributed by atoms with Crippen LogP contribution in [-0.2, 0) is 6.54 Å². The largest absolute Gasteiger partial charge is 0.364 e. The van der Waals surface area contributed by atoms with Crippen LogP contribution in [-0.4, -0.2) is 43.1 Å². The van der Waals surface area contributed by atoms with E-state index in [9.17, 15) is 0 Å². The maximum absolute atomic E-state index is 4.34. The van der Waals surface area contributed by atoms with E-state index in [2.05, 4.69) is 75.6 Å². The highest BCUT2D eigenvalue weighted by atomic mass is 127. The van der Waals surface area contributed by atoms with Gasteiger partial charge in [0.1, 0.15) is 0 Å². The van der Waals surface area contributed by atoms with E-state index in [-0.39, 0.29) is 24.0 Å². The lowest BCUT2D eigenvalue weighted by Gasteiger charge is -2.24. The number of hydrogen-bond acceptors (Lipinski definition) is 3. The van der Waals surface area contributed by atoms with E-state index in [0.717, 1.165) is 32.1 Å². The molecule has 0 aliphatic carbocycles. The molecule has 138 valence electrons. The van der Waals surface area contributed by atoms with Crippen molar-refractivity contribution < 1.29 is 0 Å². The molecule has 4 nitrogen and oxygen atoms in total. The first-order valence-corrected chi connectivity index (χ1v) is 9.74. The van der Waals surface area contributed by atoms with Crippen LogP contribution in [0.3, 0.4) is 0 Å². The molecule has 2 heterocycles. The summed E-state index contributed by atoms with van der Waals surface area (Å²) in [4.78, 5) is 6.70. The van der Waals surface area contributed by atoms with Crippen LogP contribution in [0.4, 0.5) is 5.69 Å². The first-order chi connectivity index (χ1) is 11.7. The van der Waals surface area contributed by atoms with Crippen LogP contribution in [0.25, 0.3) is 0 Å². The molecule has 1 aromatic rings. The summed E-state index contributed by atoms with van der Waals surface area (Å²) in [6.45, 7) is 6.15. The monoisotopic (exact) mass is 472 g/mol. The normalized spacial score (nSPS) is 22.8. The lowest BCUT2D eigenvalue weighted by Crippen LogP contribution is -2.43. The molecule has 0 aromatic heterocycles. The van der Waals surface area contributed by atoms with Crippen molar-refractivity contribution in [2.45, 2.75) is 31.1 Å². The maximum Gasteiger partial charge on any atom is 0.191 e. The Kier molecular flexibility index (Phi) is 7.93. The summed E-state index contributed by atoms with van der Waals surface area (Å²) in [6.07, 6.45) is 7.05. The van der Waals surface area contributed by atoms with Crippen molar-refractivity contribution in [3.8, 4) is 0 Å². The third kappa shape index (κ3) is 5.81. The van der Waals surface area contributed by atoms with Crippen LogP contribution in [0.1, 0.15) is 25.3 Å². The number of benzene rings is 1. The molecule has 0 spiro atoms. The number of anilines is 1. The van der Waals surface area contributed by atoms with Crippen molar-refractivity contribution in [1.82, 2.24) is 10.6 Å². The van der Waals surface area contributed by atoms with Crippen LogP contribution < -0.4 is 15.5 Å². The zero-order chi connectivity index (χ0) is 16.8. The van der Waals surface area contributed by atoms with Gasteiger partial charge in [-0.25, -0.2) is 0 Å². The number of aliphatic imine (C=N–C) groups is 1. The smallest absolute Gasteiger partial charge is 0.191 e. The molecular formula is C19H29IN4S. The highest BCUT2D eigenvalue weighted by molar-refractivity contribution is 14.0. The van der Waals surface area contributed by atoms with Gasteiger partial charge in [0, 0.05) is 43.7 Å². The number of rotatable bonds is 5. The van der Waals surface area contributed by atoms with Crippen LogP contribution in [0.5, 0.6) is 0 Å². The molecule has 0 bridgehead atoms. The molecule has 1 saturated heterocycles. The number of nitrogens with zero attached hydrogens (tertiary/aromatic N) is 2. The van der Waals surface area contributed by atoms with E-state index < -0.39 is 0 Å². The molecule has 0 radical (unpaired) electrons. The van der Waals surface area contributed by atoms with E-state index in [1.807, 2.05) is 7.05 Å². The SMILES string of the molecule is CN=C(NCc1ccc(N2CC=CC2)cc1)NCC1(C)CCCS1.I. The molecule has 2 aliphatic heterocycles. The second-order valence-corrected chi connectivity index (χ2v) is 8.41. The molecular weight excluding hydrogens is 443 g/mol. The van der Waals surface area contributed by atoms with Gasteiger partial charge < -0.3 is 15.5 Å². The summed E-state index contributed by atoms with van der Waals surface area (Å²) in [5, 5.41) is 6.90. The van der Waals surface area contributed by atoms with Gasteiger partial charge in [-0.05, 0) is 43.2 Å². The topological polar surface area (TPSA) is 39.7 Å². The fourth-order valence-electron chi connectivity index (χ4n) is 3.17. The second kappa shape index (κ2) is 9.71. The van der Waals surface area contributed by atoms with Crippen LogP contribution in [0, 0.1) is 0 Å². The molecule has 0 saturated carbocycles. The average Bonchev–Trinajstić information content (AvgIpc) is 3.28. The Hall–Kier alpha value is -0.890. The quantitative estimate of drug-likeness (QED) is 0.297. The number of hydrogen-bond donors (Lipinski definition) is 2. The van der Waals surface area contributed by atoms with E-state index in [4.69, 9.17) is 0 Å². The Labute approximate surface area is 172 Å². The highest BCUT2D eigenvalue weighted by Gasteiger charge is 2.29. The fraction of sp³-hybridized carbons (Fsp3) is 0.526. The Morgan fingerprint density at radius 1 is 1.20 bits per heavy atom. The predicted octanol–water partition coefficient (Wildman–Crippen LogP) is 3.63. The number of halogens is 1. The summed E-state index contributed by atoms with van der Waals surface area (Å²) in [7, 11) is 1.84. The van der Waals surface area contributed by atoms with Gasteiger partial charge in [-0.3, -0.25) is 4.99 Å². The van der Waals surface area contributed by atoms with Gasteiger partial charge in [-0.1, -0.05) is 24.3 Å². The Morgan fingerprint density at radius 2 is 1.92 bits per heavy atom. The summed E-state index contributed by atoms with van der Waals surface area (Å²) in [5.41, 5.74) is 2.56. The van der Waals surface area contributed by atoms with Crippen LogP contribution >= 0.6 is 35.7 Å². The molecule has 1 aromatic carbocycles. The van der Waals surface area contributed by atoms with Gasteiger partial charge in [-0.2, -0.15) is 11.8 Å². The van der Waals surface area contributed by atoms with Crippen molar-refractivity contribution >= 4 is 47.4 Å². The molecule has 1 atom stereocenters. The lowest BCUT2D eigenvalue weighted by molar-refractivity contribution is 0.584. The summed E-state index contributed by atoms with van der Waals surface area (Å²) < 4.78 is 0.350. The zero-order valence-corrected chi connectivity index (χ0v) is 18.3. The maximum atomic E-state index is 4.34. The molecule has 0 amide bonds. The highest BCUT2D eigenvalue weighted by Crippen LogP contribution is 2.36. The van der Waals surface area contributed by atoms with Gasteiger partial charge in [0.2, 0.25) is 0 Å². The van der Waals surface area contributed by atoms with E-state index in [1.165, 1.54) is 29.8 Å². The Balaban J connectivity index is 0.00000225. The lowest BCUT2D eigenvalue weighted by atomic mass is 10.1. The molecule has 3 rings (SSSR count). The van der Waals surface area contributed by atoms with E-state index in [1.54, 1.807) is 0 Å². The number of guanidine groups is 1. The Bertz CT molecular complexity index is 586. The Morgan fingerprint density at radius 3 is 2.52 bits per heavy atom. The number of thioether (sulfide) groups is 1. The summed E-state index contributed by atoms with van der Waals surface area (Å²) in [6, 6.07) is 8.80. The molecule has 2 N–H and O–H groups in total. The minimum atomic E-state index is 0. The second-order valence-electron chi connectivity index (χ2n) is 6.72. The fourth-order valence-corrected chi connectivity index (χ4v) is 4.41. The summed E-state index contributed by atoms with van der Waals surface area (Å²) in [5.74, 6) is 2.17. The van der Waals surface area contributed by atoms with Crippen molar-refractivity contribution in [2.24, 2.45) is 4.99 Å². The van der Waals surface area contributed by atoms with E-state index >= 15 is 0 Å². The number of nitrogens with one attached hydrogen (secondary N) is 2. The molecule has 1 unspecified atom stereocenters. The minimum Gasteiger partial charge on any atom is -0.364 e.